The minimum absolute atomic E-state index is 0.125. The Morgan fingerprint density at radius 3 is 1.97 bits per heavy atom. The molecule has 0 amide bonds. The van der Waals surface area contributed by atoms with Crippen molar-refractivity contribution in [1.82, 2.24) is 19.9 Å². The van der Waals surface area contributed by atoms with Crippen LogP contribution in [0.1, 0.15) is 37.7 Å². The molecular formula is C21H24N4O4. The van der Waals surface area contributed by atoms with Gasteiger partial charge in [-0.25, -0.2) is 4.98 Å². The Morgan fingerprint density at radius 2 is 1.45 bits per heavy atom. The number of nitrogens with zero attached hydrogens (tertiary/aromatic N) is 1. The molecule has 2 heterocycles. The molecule has 0 unspecified atom stereocenters. The van der Waals surface area contributed by atoms with Gasteiger partial charge in [0.2, 0.25) is 0 Å². The molecule has 0 aliphatic heterocycles. The molecule has 8 heteroatoms. The van der Waals surface area contributed by atoms with Crippen molar-refractivity contribution in [2.75, 3.05) is 14.2 Å². The number of ether oxygens (including phenoxy) is 2. The van der Waals surface area contributed by atoms with E-state index in [-0.39, 0.29) is 16.1 Å². The molecule has 0 radical (unpaired) electrons. The maximum atomic E-state index is 12.6. The Bertz CT molecular complexity index is 1240. The minimum atomic E-state index is -0.425. The van der Waals surface area contributed by atoms with Crippen molar-refractivity contribution in [3.63, 3.8) is 0 Å². The molecule has 8 nitrogen and oxygen atoms in total. The highest BCUT2D eigenvalue weighted by Crippen LogP contribution is 2.23. The summed E-state index contributed by atoms with van der Waals surface area (Å²) >= 11 is 0. The normalized spacial score (nSPS) is 13.0. The molecule has 1 aromatic carbocycles. The van der Waals surface area contributed by atoms with Gasteiger partial charge in [-0.15, -0.1) is 0 Å². The van der Waals surface area contributed by atoms with Gasteiger partial charge >= 0.3 is 0 Å². The average Bonchev–Trinajstić information content (AvgIpc) is 3.14. The molecule has 0 fully saturated rings. The molecule has 152 valence electrons. The Kier molecular flexibility index (Phi) is 5.45. The molecule has 2 aromatic heterocycles. The van der Waals surface area contributed by atoms with Gasteiger partial charge in [0.15, 0.2) is 0 Å². The molecule has 0 saturated carbocycles. The first kappa shape index (κ1) is 20.2. The number of nitrogens with one attached hydrogen (secondary N) is 3. The van der Waals surface area contributed by atoms with E-state index in [9.17, 15) is 9.59 Å². The third-order valence-electron chi connectivity index (χ3n) is 4.37. The van der Waals surface area contributed by atoms with Crippen molar-refractivity contribution in [2.24, 2.45) is 0 Å². The summed E-state index contributed by atoms with van der Waals surface area (Å²) < 4.78 is 10.5. The third kappa shape index (κ3) is 4.48. The van der Waals surface area contributed by atoms with Crippen molar-refractivity contribution in [3.8, 4) is 11.5 Å². The predicted octanol–water partition coefficient (Wildman–Crippen LogP) is 0.759. The van der Waals surface area contributed by atoms with Gasteiger partial charge in [-0.2, -0.15) is 0 Å². The highest BCUT2D eigenvalue weighted by molar-refractivity contribution is 5.54. The summed E-state index contributed by atoms with van der Waals surface area (Å²) in [6, 6.07) is 5.19. The maximum absolute atomic E-state index is 12.6. The Labute approximate surface area is 167 Å². The lowest BCUT2D eigenvalue weighted by molar-refractivity contribution is 0.394. The van der Waals surface area contributed by atoms with E-state index < -0.39 is 11.1 Å². The number of hydrogen-bond acceptors (Lipinski definition) is 5. The topological polar surface area (TPSA) is 113 Å². The van der Waals surface area contributed by atoms with Gasteiger partial charge in [0.1, 0.15) is 22.2 Å². The van der Waals surface area contributed by atoms with Crippen molar-refractivity contribution in [2.45, 2.75) is 26.2 Å². The van der Waals surface area contributed by atoms with Gasteiger partial charge in [-0.3, -0.25) is 9.59 Å². The summed E-state index contributed by atoms with van der Waals surface area (Å²) in [5.41, 5.74) is 1.10. The lowest BCUT2D eigenvalue weighted by Crippen LogP contribution is -2.46. The van der Waals surface area contributed by atoms with Crippen LogP contribution in [0.2, 0.25) is 0 Å². The number of imidazole rings is 1. The third-order valence-corrected chi connectivity index (χ3v) is 4.37. The van der Waals surface area contributed by atoms with Gasteiger partial charge in [0, 0.05) is 17.2 Å². The smallest absolute Gasteiger partial charge is 0.272 e. The standard InChI is InChI=1S/C21H24N4O4/c1-21(2,3)18-15(22-11-23-18)10-17-20(27)24-16(19(26)25-17)8-12-6-13(28-4)9-14(7-12)29-5/h6-11H,1-5H3,(H,22,23)(H,24,27)(H,25,26)/b16-8+,17-10+. The molecule has 3 aromatic rings. The predicted molar refractivity (Wildman–Crippen MR) is 111 cm³/mol. The molecule has 29 heavy (non-hydrogen) atoms. The summed E-state index contributed by atoms with van der Waals surface area (Å²) in [4.78, 5) is 37.7. The Morgan fingerprint density at radius 1 is 0.897 bits per heavy atom. The van der Waals surface area contributed by atoms with Crippen LogP contribution in [0.4, 0.5) is 0 Å². The zero-order valence-electron chi connectivity index (χ0n) is 17.0. The lowest BCUT2D eigenvalue weighted by Gasteiger charge is -2.16. The number of hydrogen-bond donors (Lipinski definition) is 3. The van der Waals surface area contributed by atoms with Crippen LogP contribution in [0.15, 0.2) is 34.1 Å². The van der Waals surface area contributed by atoms with E-state index in [1.807, 2.05) is 20.8 Å². The first-order valence-corrected chi connectivity index (χ1v) is 9.04. The molecule has 3 rings (SSSR count). The van der Waals surface area contributed by atoms with Crippen LogP contribution >= 0.6 is 0 Å². The van der Waals surface area contributed by atoms with Crippen molar-refractivity contribution >= 4 is 12.2 Å². The number of rotatable bonds is 4. The Hall–Kier alpha value is -3.55. The minimum Gasteiger partial charge on any atom is -0.497 e. The summed E-state index contributed by atoms with van der Waals surface area (Å²) in [6.45, 7) is 6.10. The second-order valence-electron chi connectivity index (χ2n) is 7.58. The molecule has 0 aliphatic carbocycles. The monoisotopic (exact) mass is 396 g/mol. The van der Waals surface area contributed by atoms with Gasteiger partial charge in [-0.1, -0.05) is 20.8 Å². The SMILES string of the molecule is COc1cc(/C=c2/[nH]c(=O)/c(=C\c3nc[nH]c3C(C)(C)C)[nH]c2=O)cc(OC)c1. The van der Waals surface area contributed by atoms with E-state index in [0.717, 1.165) is 5.69 Å². The highest BCUT2D eigenvalue weighted by Gasteiger charge is 2.19. The van der Waals surface area contributed by atoms with Crippen LogP contribution in [-0.4, -0.2) is 34.2 Å². The molecule has 0 bridgehead atoms. The van der Waals surface area contributed by atoms with E-state index in [0.29, 0.717) is 22.8 Å². The fraction of sp³-hybridized carbons (Fsp3) is 0.286. The van der Waals surface area contributed by atoms with Crippen LogP contribution < -0.4 is 31.3 Å². The number of methoxy groups -OCH3 is 2. The van der Waals surface area contributed by atoms with E-state index in [1.54, 1.807) is 50.9 Å². The molecule has 3 N–H and O–H groups in total. The maximum Gasteiger partial charge on any atom is 0.272 e. The van der Waals surface area contributed by atoms with E-state index >= 15 is 0 Å². The molecule has 0 saturated heterocycles. The van der Waals surface area contributed by atoms with Crippen molar-refractivity contribution < 1.29 is 9.47 Å². The summed E-state index contributed by atoms with van der Waals surface area (Å²) in [5.74, 6) is 1.15. The van der Waals surface area contributed by atoms with Gasteiger partial charge in [0.25, 0.3) is 11.1 Å². The van der Waals surface area contributed by atoms with Crippen LogP contribution in [-0.2, 0) is 5.41 Å². The van der Waals surface area contributed by atoms with Crippen LogP contribution in [0, 0.1) is 0 Å². The molecule has 0 aliphatic rings. The fourth-order valence-electron chi connectivity index (χ4n) is 2.93. The fourth-order valence-corrected chi connectivity index (χ4v) is 2.93. The second-order valence-corrected chi connectivity index (χ2v) is 7.58. The number of H-pyrrole nitrogens is 3. The van der Waals surface area contributed by atoms with Gasteiger partial charge in [-0.05, 0) is 29.8 Å². The number of aromatic nitrogens is 4. The van der Waals surface area contributed by atoms with E-state index in [1.165, 1.54) is 0 Å². The number of aromatic amines is 3. The summed E-state index contributed by atoms with van der Waals surface area (Å²) in [6.07, 6.45) is 4.69. The zero-order chi connectivity index (χ0) is 21.2. The largest absolute Gasteiger partial charge is 0.497 e. The van der Waals surface area contributed by atoms with Crippen LogP contribution in [0.5, 0.6) is 11.5 Å². The first-order valence-electron chi connectivity index (χ1n) is 9.04. The Balaban J connectivity index is 2.13. The van der Waals surface area contributed by atoms with Crippen molar-refractivity contribution in [3.05, 3.63) is 72.9 Å². The van der Waals surface area contributed by atoms with Gasteiger partial charge < -0.3 is 24.4 Å². The summed E-state index contributed by atoms with van der Waals surface area (Å²) in [7, 11) is 3.08. The molecule has 0 atom stereocenters. The van der Waals surface area contributed by atoms with Crippen LogP contribution in [0.3, 0.4) is 0 Å². The average molecular weight is 396 g/mol. The van der Waals surface area contributed by atoms with Crippen LogP contribution in [0.25, 0.3) is 12.2 Å². The molecular weight excluding hydrogens is 372 g/mol. The first-order chi connectivity index (χ1) is 13.7. The van der Waals surface area contributed by atoms with Crippen molar-refractivity contribution in [1.29, 1.82) is 0 Å². The quantitative estimate of drug-likeness (QED) is 0.603. The highest BCUT2D eigenvalue weighted by atomic mass is 16.5. The second kappa shape index (κ2) is 7.83. The zero-order valence-corrected chi connectivity index (χ0v) is 17.0. The lowest BCUT2D eigenvalue weighted by atomic mass is 9.90. The van der Waals surface area contributed by atoms with E-state index in [4.69, 9.17) is 9.47 Å². The van der Waals surface area contributed by atoms with Gasteiger partial charge in [0.05, 0.1) is 26.2 Å². The number of benzene rings is 1. The summed E-state index contributed by atoms with van der Waals surface area (Å²) in [5, 5.41) is 0.258. The molecule has 0 spiro atoms. The van der Waals surface area contributed by atoms with E-state index in [2.05, 4.69) is 19.9 Å².